The van der Waals surface area contributed by atoms with E-state index in [1.54, 1.807) is 0 Å². The summed E-state index contributed by atoms with van der Waals surface area (Å²) in [6, 6.07) is 0. The minimum Gasteiger partial charge on any atom is -0.272 e. The lowest BCUT2D eigenvalue weighted by Crippen LogP contribution is -1.87. The number of hydrogen-bond donors (Lipinski definition) is 1. The minimum absolute atomic E-state index is 0.304. The second kappa shape index (κ2) is 4.08. The Kier molecular flexibility index (Phi) is 4.03. The fourth-order valence-electron chi connectivity index (χ4n) is 0.166. The zero-order chi connectivity index (χ0) is 5.70. The van der Waals surface area contributed by atoms with E-state index >= 15 is 0 Å². The molecule has 0 aliphatic heterocycles. The molecule has 4 heteroatoms. The van der Waals surface area contributed by atoms with Crippen molar-refractivity contribution in [3.8, 4) is 0 Å². The van der Waals surface area contributed by atoms with Gasteiger partial charge in [0, 0.05) is 0 Å². The first-order valence-corrected chi connectivity index (χ1v) is 3.14. The van der Waals surface area contributed by atoms with E-state index in [4.69, 9.17) is 0 Å². The average Bonchev–Trinajstić information content (AvgIpc) is 1.61. The smallest absolute Gasteiger partial charge is 0.257 e. The maximum Gasteiger partial charge on any atom is 0.257 e. The molecule has 0 saturated carbocycles. The Balaban J connectivity index is 2.98. The highest BCUT2D eigenvalue weighted by Gasteiger charge is 1.79. The van der Waals surface area contributed by atoms with Gasteiger partial charge in [-0.05, 0) is 6.42 Å². The second-order valence-corrected chi connectivity index (χ2v) is 1.76. The van der Waals surface area contributed by atoms with Crippen LogP contribution < -0.4 is 0 Å². The lowest BCUT2D eigenvalue weighted by atomic mass is 10.5. The first-order chi connectivity index (χ1) is 3.27. The monoisotopic (exact) mass is 124 g/mol. The van der Waals surface area contributed by atoms with Gasteiger partial charge in [0.15, 0.2) is 0 Å². The van der Waals surface area contributed by atoms with Crippen molar-refractivity contribution in [2.45, 2.75) is 13.3 Å². The maximum absolute atomic E-state index is 9.57. The molecule has 0 aromatic heterocycles. The van der Waals surface area contributed by atoms with E-state index in [2.05, 4.69) is 4.18 Å². The Morgan fingerprint density at radius 3 is 2.29 bits per heavy atom. The highest BCUT2D eigenvalue weighted by atomic mass is 32.2. The molecule has 0 atom stereocenters. The van der Waals surface area contributed by atoms with Crippen molar-refractivity contribution in [3.05, 3.63) is 0 Å². The average molecular weight is 124 g/mol. The van der Waals surface area contributed by atoms with Crippen molar-refractivity contribution in [3.63, 3.8) is 0 Å². The van der Waals surface area contributed by atoms with Crippen molar-refractivity contribution < 1.29 is 12.6 Å². The molecule has 3 nitrogen and oxygen atoms in total. The second-order valence-electron chi connectivity index (χ2n) is 1.06. The van der Waals surface area contributed by atoms with Gasteiger partial charge in [0.05, 0.1) is 6.61 Å². The SMILES string of the molecule is CCCO[SH](=O)=O. The van der Waals surface area contributed by atoms with Crippen molar-refractivity contribution in [1.82, 2.24) is 0 Å². The molecule has 0 N–H and O–H groups in total. The van der Waals surface area contributed by atoms with E-state index in [-0.39, 0.29) is 0 Å². The summed E-state index contributed by atoms with van der Waals surface area (Å²) in [6.07, 6.45) is 0.739. The third-order valence-electron chi connectivity index (χ3n) is 0.401. The molecule has 0 radical (unpaired) electrons. The lowest BCUT2D eigenvalue weighted by molar-refractivity contribution is 0.333. The molecule has 0 spiro atoms. The molecule has 0 amide bonds. The van der Waals surface area contributed by atoms with Crippen molar-refractivity contribution in [2.75, 3.05) is 6.61 Å². The van der Waals surface area contributed by atoms with E-state index in [9.17, 15) is 8.42 Å². The molecule has 0 heterocycles. The van der Waals surface area contributed by atoms with Gasteiger partial charge < -0.3 is 0 Å². The summed E-state index contributed by atoms with van der Waals surface area (Å²) in [7, 11) is -2.61. The van der Waals surface area contributed by atoms with Gasteiger partial charge in [-0.3, -0.25) is 4.18 Å². The van der Waals surface area contributed by atoms with Crippen molar-refractivity contribution in [1.29, 1.82) is 0 Å². The molecular weight excluding hydrogens is 116 g/mol. The molecule has 0 aromatic rings. The van der Waals surface area contributed by atoms with E-state index in [0.717, 1.165) is 6.42 Å². The van der Waals surface area contributed by atoms with Crippen LogP contribution in [0.3, 0.4) is 0 Å². The quantitative estimate of drug-likeness (QED) is 0.536. The topological polar surface area (TPSA) is 43.4 Å². The highest BCUT2D eigenvalue weighted by molar-refractivity contribution is 7.67. The van der Waals surface area contributed by atoms with Crippen LogP contribution in [0.25, 0.3) is 0 Å². The third-order valence-corrected chi connectivity index (χ3v) is 0.794. The minimum atomic E-state index is -2.61. The van der Waals surface area contributed by atoms with E-state index in [1.807, 2.05) is 6.92 Å². The molecular formula is C3H8O3S. The molecule has 0 aliphatic carbocycles. The standard InChI is InChI=1S/C3H8O3S/c1-2-3-6-7(4)5/h7H,2-3H2,1H3. The van der Waals surface area contributed by atoms with Gasteiger partial charge in [0.1, 0.15) is 0 Å². The van der Waals surface area contributed by atoms with Gasteiger partial charge in [-0.15, -0.1) is 0 Å². The number of thiol groups is 1. The van der Waals surface area contributed by atoms with Gasteiger partial charge in [-0.2, -0.15) is 0 Å². The summed E-state index contributed by atoms with van der Waals surface area (Å²) < 4.78 is 23.3. The van der Waals surface area contributed by atoms with E-state index in [1.165, 1.54) is 0 Å². The van der Waals surface area contributed by atoms with Gasteiger partial charge in [0.25, 0.3) is 11.0 Å². The molecule has 0 bridgehead atoms. The fraction of sp³-hybridized carbons (Fsp3) is 1.00. The molecule has 0 rings (SSSR count). The third kappa shape index (κ3) is 5.91. The summed E-state index contributed by atoms with van der Waals surface area (Å²) in [5.74, 6) is 0. The number of rotatable bonds is 3. The summed E-state index contributed by atoms with van der Waals surface area (Å²) in [6.45, 7) is 2.15. The van der Waals surface area contributed by atoms with Crippen molar-refractivity contribution in [2.24, 2.45) is 0 Å². The van der Waals surface area contributed by atoms with Crippen LogP contribution >= 0.6 is 0 Å². The Morgan fingerprint density at radius 1 is 1.57 bits per heavy atom. The molecule has 44 valence electrons. The van der Waals surface area contributed by atoms with Gasteiger partial charge in [-0.1, -0.05) is 6.92 Å². The fourth-order valence-corrected chi connectivity index (χ4v) is 0.497. The normalized spacial score (nSPS) is 10.0. The molecule has 0 unspecified atom stereocenters. The first-order valence-electron chi connectivity index (χ1n) is 2.04. The molecule has 0 aliphatic rings. The lowest BCUT2D eigenvalue weighted by Gasteiger charge is -1.84. The van der Waals surface area contributed by atoms with E-state index in [0.29, 0.717) is 6.61 Å². The van der Waals surface area contributed by atoms with Crippen LogP contribution in [0.15, 0.2) is 0 Å². The highest BCUT2D eigenvalue weighted by Crippen LogP contribution is 1.76. The van der Waals surface area contributed by atoms with Crippen LogP contribution in [0.4, 0.5) is 0 Å². The predicted octanol–water partition coefficient (Wildman–Crippen LogP) is -0.0606. The van der Waals surface area contributed by atoms with Crippen LogP contribution in [0.1, 0.15) is 13.3 Å². The van der Waals surface area contributed by atoms with Gasteiger partial charge in [-0.25, -0.2) is 8.42 Å². The van der Waals surface area contributed by atoms with E-state index < -0.39 is 11.0 Å². The predicted molar refractivity (Wildman–Crippen MR) is 26.6 cm³/mol. The Labute approximate surface area is 44.4 Å². The van der Waals surface area contributed by atoms with Crippen LogP contribution in [0.2, 0.25) is 0 Å². The van der Waals surface area contributed by atoms with Gasteiger partial charge in [0.2, 0.25) is 0 Å². The Bertz CT molecular complexity index is 88.4. The zero-order valence-electron chi connectivity index (χ0n) is 4.09. The summed E-state index contributed by atoms with van der Waals surface area (Å²) >= 11 is 0. The van der Waals surface area contributed by atoms with Crippen LogP contribution in [0, 0.1) is 0 Å². The molecule has 0 fully saturated rings. The largest absolute Gasteiger partial charge is 0.272 e. The first kappa shape index (κ1) is 6.91. The number of hydrogen-bond acceptors (Lipinski definition) is 3. The Morgan fingerprint density at radius 2 is 2.14 bits per heavy atom. The molecule has 0 aromatic carbocycles. The van der Waals surface area contributed by atoms with Crippen LogP contribution in [0.5, 0.6) is 0 Å². The maximum atomic E-state index is 9.57. The summed E-state index contributed by atoms with van der Waals surface area (Å²) in [5.41, 5.74) is 0. The van der Waals surface area contributed by atoms with Crippen LogP contribution in [-0.2, 0) is 15.2 Å². The zero-order valence-corrected chi connectivity index (χ0v) is 4.98. The molecule has 0 saturated heterocycles. The summed E-state index contributed by atoms with van der Waals surface area (Å²) in [4.78, 5) is 0. The van der Waals surface area contributed by atoms with Gasteiger partial charge >= 0.3 is 0 Å². The van der Waals surface area contributed by atoms with Crippen molar-refractivity contribution >= 4 is 11.0 Å². The Hall–Kier alpha value is -0.0900. The summed E-state index contributed by atoms with van der Waals surface area (Å²) in [5, 5.41) is 0. The van der Waals surface area contributed by atoms with Crippen LogP contribution in [-0.4, -0.2) is 15.0 Å². The molecule has 7 heavy (non-hydrogen) atoms.